The van der Waals surface area contributed by atoms with Crippen LogP contribution < -0.4 is 0 Å². The SMILES string of the molecule is c1cncc(-c2c3ccccc3c(-c3ccc4[se]c5c(-c6c7ccccc7c(-c7cccnc7)c7ccccc67)cccc5c4c3)c3ccccc23)c1.c1cncc(-c2cc(-c3cccnc3)cc(-c3c4ccccc4c(-c4ccc5[se]c6c(-c7c8ccccc8c(-c8cc(-c9cccnc9)cc(-c9cccnc9)c8)c8ccccc78)cccc6c5c4)c4ccccc34)c2)c1. The predicted octanol–water partition coefficient (Wildman–Crippen LogP) is 31.7. The Labute approximate surface area is 761 Å². The van der Waals surface area contributed by atoms with Gasteiger partial charge in [-0.1, -0.05) is 12.1 Å². The molecule has 26 aromatic rings. The molecule has 8 heteroatoms. The van der Waals surface area contributed by atoms with E-state index in [2.05, 4.69) is 370 Å². The van der Waals surface area contributed by atoms with E-state index in [0.29, 0.717) is 0 Å². The van der Waals surface area contributed by atoms with Gasteiger partial charge in [-0.05, 0) is 12.1 Å². The number of pyridine rings is 6. The summed E-state index contributed by atoms with van der Waals surface area (Å²) in [6.45, 7) is 0. The van der Waals surface area contributed by atoms with Crippen molar-refractivity contribution in [3.05, 3.63) is 450 Å². The second-order valence-electron chi connectivity index (χ2n) is 33.4. The molecule has 8 heterocycles. The summed E-state index contributed by atoms with van der Waals surface area (Å²) < 4.78 is 5.73. The van der Waals surface area contributed by atoms with Crippen molar-refractivity contribution in [3.63, 3.8) is 0 Å². The van der Waals surface area contributed by atoms with Gasteiger partial charge in [0.2, 0.25) is 0 Å². The number of hydrogen-bond donors (Lipinski definition) is 0. The number of benzene rings is 18. The first-order valence-corrected chi connectivity index (χ1v) is 47.4. The number of hydrogen-bond acceptors (Lipinski definition) is 6. The maximum atomic E-state index is 4.52. The average molecular weight is 1780 g/mol. The molecule has 130 heavy (non-hydrogen) atoms. The van der Waals surface area contributed by atoms with Crippen LogP contribution in [0.1, 0.15) is 0 Å². The fourth-order valence-corrected chi connectivity index (χ4v) is 25.7. The first-order chi connectivity index (χ1) is 64.5. The molecule has 0 saturated heterocycles. The van der Waals surface area contributed by atoms with Crippen LogP contribution in [0.5, 0.6) is 0 Å². The number of nitrogens with zero attached hydrogens (tertiary/aromatic N) is 6. The fourth-order valence-electron chi connectivity index (χ4n) is 20.6. The molecule has 0 aliphatic heterocycles. The zero-order valence-corrected chi connectivity index (χ0v) is 73.6. The first-order valence-electron chi connectivity index (χ1n) is 43.9. The van der Waals surface area contributed by atoms with Gasteiger partial charge in [-0.3, -0.25) is 9.97 Å². The van der Waals surface area contributed by atoms with Crippen LogP contribution in [0.4, 0.5) is 0 Å². The van der Waals surface area contributed by atoms with Gasteiger partial charge in [0.05, 0.1) is 0 Å². The van der Waals surface area contributed by atoms with Crippen molar-refractivity contribution in [2.24, 2.45) is 0 Å². The molecule has 604 valence electrons. The Hall–Kier alpha value is -16.0. The molecular weight excluding hydrogens is 1710 g/mol. The van der Waals surface area contributed by atoms with Crippen molar-refractivity contribution in [1.29, 1.82) is 0 Å². The zero-order chi connectivity index (χ0) is 85.7. The van der Waals surface area contributed by atoms with Gasteiger partial charge in [0, 0.05) is 37.2 Å². The average Bonchev–Trinajstić information content (AvgIpc) is 1.38. The Bertz CT molecular complexity index is 8690. The van der Waals surface area contributed by atoms with Crippen molar-refractivity contribution in [1.82, 2.24) is 29.9 Å². The van der Waals surface area contributed by atoms with Gasteiger partial charge in [0.1, 0.15) is 0 Å². The smallest absolute Gasteiger partial charge is 0.0513 e. The minimum absolute atomic E-state index is 0.0661. The van der Waals surface area contributed by atoms with Crippen LogP contribution in [0.3, 0.4) is 0 Å². The van der Waals surface area contributed by atoms with Crippen LogP contribution in [0, 0.1) is 0 Å². The van der Waals surface area contributed by atoms with Gasteiger partial charge in [-0.15, -0.1) is 0 Å². The van der Waals surface area contributed by atoms with Gasteiger partial charge in [0.15, 0.2) is 0 Å². The minimum atomic E-state index is 0.0661. The van der Waals surface area contributed by atoms with Crippen LogP contribution in [0.15, 0.2) is 450 Å². The summed E-state index contributed by atoms with van der Waals surface area (Å²) >= 11 is 0.217. The molecule has 18 aromatic carbocycles. The summed E-state index contributed by atoms with van der Waals surface area (Å²) in [6.07, 6.45) is 22.8. The summed E-state index contributed by atoms with van der Waals surface area (Å²) in [5, 5.41) is 25.2. The van der Waals surface area contributed by atoms with E-state index in [0.717, 1.165) is 66.8 Å². The number of fused-ring (bicyclic) bond motifs is 14. The van der Waals surface area contributed by atoms with E-state index in [-0.39, 0.29) is 29.0 Å². The van der Waals surface area contributed by atoms with Gasteiger partial charge >= 0.3 is 696 Å². The van der Waals surface area contributed by atoms with E-state index in [9.17, 15) is 0 Å². The van der Waals surface area contributed by atoms with Crippen molar-refractivity contribution in [2.75, 3.05) is 0 Å². The molecule has 0 unspecified atom stereocenters. The Morgan fingerprint density at radius 3 is 0.577 bits per heavy atom. The van der Waals surface area contributed by atoms with E-state index >= 15 is 0 Å². The maximum absolute atomic E-state index is 4.52. The topological polar surface area (TPSA) is 77.3 Å². The molecule has 0 amide bonds. The van der Waals surface area contributed by atoms with Gasteiger partial charge in [-0.2, -0.15) is 0 Å². The largest absolute Gasteiger partial charge is 0.0513 e. The minimum Gasteiger partial charge on any atom is -0.0513 e. The standard InChI is InChI=1S/C72H44N4Se.C50H30N2Se/c1-3-20-58-56(18-1)68(57-19-2-4-21-59(57)69(58)54-36-50(46-14-10-30-73-41-46)34-51(37-54)47-15-11-31-74-42-47)45-28-29-67-66(40-45)64-26-9-27-65(72(64)77-67)71-62-24-7-5-22-60(62)70(61-23-6-8-25-63(61)71)55-38-52(48-16-12-32-75-43-48)35-53(39-55)49-17-13-33-76-44-49;1-3-16-36-34(14-1)46(35-15-2-4-17-37(35)47(36)32-12-10-26-51-29-32)31-24-25-45-44(28-31)42-22-9-23-43(50(42)53-45)49-40-20-7-5-18-38(40)48(33-13-11-27-52-30-33)39-19-6-8-21-41(39)49/h1-44H;1-30H. The summed E-state index contributed by atoms with van der Waals surface area (Å²) in [7, 11) is 0. The fraction of sp³-hybridized carbons (Fsp3) is 0. The maximum Gasteiger partial charge on any atom is -0.0513 e. The molecule has 26 rings (SSSR count). The van der Waals surface area contributed by atoms with Crippen LogP contribution in [-0.2, 0) is 0 Å². The molecule has 0 saturated carbocycles. The third-order valence-corrected chi connectivity index (χ3v) is 31.3. The second-order valence-corrected chi connectivity index (χ2v) is 37.8. The molecule has 0 bridgehead atoms. The number of rotatable bonds is 12. The van der Waals surface area contributed by atoms with Crippen LogP contribution in [-0.4, -0.2) is 58.9 Å². The van der Waals surface area contributed by atoms with E-state index in [1.165, 1.54) is 192 Å². The third kappa shape index (κ3) is 13.0. The van der Waals surface area contributed by atoms with Crippen LogP contribution in [0.2, 0.25) is 0 Å². The summed E-state index contributed by atoms with van der Waals surface area (Å²) in [4.78, 5) is 27.1. The Kier molecular flexibility index (Phi) is 18.9. The monoisotopic (exact) mass is 1780 g/mol. The first kappa shape index (κ1) is 76.4. The molecule has 0 aliphatic carbocycles. The van der Waals surface area contributed by atoms with E-state index in [1.54, 1.807) is 0 Å². The molecule has 0 aliphatic rings. The quantitative estimate of drug-likeness (QED) is 0.0896. The Morgan fingerprint density at radius 2 is 0.338 bits per heavy atom. The molecule has 6 nitrogen and oxygen atoms in total. The van der Waals surface area contributed by atoms with Crippen molar-refractivity contribution >= 4 is 154 Å². The van der Waals surface area contributed by atoms with Crippen molar-refractivity contribution < 1.29 is 0 Å². The number of aromatic nitrogens is 6. The molecule has 0 fully saturated rings. The van der Waals surface area contributed by atoms with E-state index < -0.39 is 0 Å². The second kappa shape index (κ2) is 32.1. The summed E-state index contributed by atoms with van der Waals surface area (Å²) in [6, 6.07) is 139. The van der Waals surface area contributed by atoms with Gasteiger partial charge < -0.3 is 0 Å². The van der Waals surface area contributed by atoms with E-state index in [4.69, 9.17) is 0 Å². The normalized spacial score (nSPS) is 11.7. The molecular formula is C122H74N6Se2. The third-order valence-electron chi connectivity index (χ3n) is 26.2. The zero-order valence-electron chi connectivity index (χ0n) is 70.2. The summed E-state index contributed by atoms with van der Waals surface area (Å²) in [5.41, 5.74) is 28.5. The Morgan fingerprint density at radius 1 is 0.131 bits per heavy atom. The van der Waals surface area contributed by atoms with Crippen molar-refractivity contribution in [3.8, 4) is 134 Å². The van der Waals surface area contributed by atoms with Crippen LogP contribution >= 0.6 is 0 Å². The summed E-state index contributed by atoms with van der Waals surface area (Å²) in [5.74, 6) is 0. The predicted molar refractivity (Wildman–Crippen MR) is 549 cm³/mol. The molecule has 0 N–H and O–H groups in total. The molecule has 0 spiro atoms. The van der Waals surface area contributed by atoms with Gasteiger partial charge in [-0.25, -0.2) is 0 Å². The van der Waals surface area contributed by atoms with Crippen molar-refractivity contribution in [2.45, 2.75) is 0 Å². The van der Waals surface area contributed by atoms with E-state index in [1.807, 2.05) is 111 Å². The van der Waals surface area contributed by atoms with Gasteiger partial charge in [0.25, 0.3) is 0 Å². The molecule has 8 aromatic heterocycles. The molecule has 0 radical (unpaired) electrons. The van der Waals surface area contributed by atoms with Crippen LogP contribution in [0.25, 0.3) is 258 Å². The molecule has 0 atom stereocenters. The Balaban J connectivity index is 0.000000150.